The van der Waals surface area contributed by atoms with Crippen LogP contribution in [0.15, 0.2) is 48.5 Å². The zero-order valence-electron chi connectivity index (χ0n) is 12.5. The molecule has 4 N–H and O–H groups in total. The molecule has 2 aromatic rings. The van der Waals surface area contributed by atoms with Crippen molar-refractivity contribution in [3.8, 4) is 11.5 Å². The lowest BCUT2D eigenvalue weighted by molar-refractivity contribution is 0.110. The van der Waals surface area contributed by atoms with Gasteiger partial charge in [-0.1, -0.05) is 26.0 Å². The number of nitrogens with two attached hydrogens (primary N) is 2. The van der Waals surface area contributed by atoms with Gasteiger partial charge in [-0.25, -0.2) is 0 Å². The number of ether oxygens (including phenoxy) is 2. The lowest BCUT2D eigenvalue weighted by Gasteiger charge is -2.25. The maximum atomic E-state index is 5.78. The highest BCUT2D eigenvalue weighted by Gasteiger charge is 2.20. The third kappa shape index (κ3) is 4.91. The van der Waals surface area contributed by atoms with Gasteiger partial charge in [0, 0.05) is 28.9 Å². The quantitative estimate of drug-likeness (QED) is 0.799. The summed E-state index contributed by atoms with van der Waals surface area (Å²) in [7, 11) is 0. The zero-order chi connectivity index (χ0) is 15.3. The summed E-state index contributed by atoms with van der Waals surface area (Å²) in [5.41, 5.74) is 12.7. The van der Waals surface area contributed by atoms with Crippen molar-refractivity contribution >= 4 is 11.4 Å². The van der Waals surface area contributed by atoms with E-state index >= 15 is 0 Å². The van der Waals surface area contributed by atoms with E-state index < -0.39 is 0 Å². The number of rotatable bonds is 6. The molecule has 4 nitrogen and oxygen atoms in total. The fourth-order valence-corrected chi connectivity index (χ4v) is 1.81. The Bertz CT molecular complexity index is 545. The Kier molecular flexibility index (Phi) is 4.58. The number of anilines is 2. The Morgan fingerprint density at radius 1 is 0.810 bits per heavy atom. The van der Waals surface area contributed by atoms with Crippen LogP contribution < -0.4 is 20.9 Å². The molecule has 4 heteroatoms. The summed E-state index contributed by atoms with van der Waals surface area (Å²) in [6.45, 7) is 5.26. The van der Waals surface area contributed by atoms with Crippen LogP contribution in [0.25, 0.3) is 0 Å². The molecule has 0 aliphatic heterocycles. The first kappa shape index (κ1) is 15.0. The molecule has 0 spiro atoms. The predicted molar refractivity (Wildman–Crippen MR) is 86.5 cm³/mol. The Labute approximate surface area is 125 Å². The average molecular weight is 286 g/mol. The van der Waals surface area contributed by atoms with Gasteiger partial charge in [-0.2, -0.15) is 0 Å². The van der Waals surface area contributed by atoms with Crippen molar-refractivity contribution in [1.82, 2.24) is 0 Å². The van der Waals surface area contributed by atoms with E-state index in [0.717, 1.165) is 11.5 Å². The maximum Gasteiger partial charge on any atom is 0.121 e. The van der Waals surface area contributed by atoms with Gasteiger partial charge >= 0.3 is 0 Å². The van der Waals surface area contributed by atoms with E-state index in [-0.39, 0.29) is 5.41 Å². The van der Waals surface area contributed by atoms with Crippen LogP contribution in [0.1, 0.15) is 13.8 Å². The Morgan fingerprint density at radius 2 is 1.24 bits per heavy atom. The lowest BCUT2D eigenvalue weighted by Crippen LogP contribution is -2.28. The molecule has 0 atom stereocenters. The van der Waals surface area contributed by atoms with Crippen molar-refractivity contribution in [2.24, 2.45) is 5.41 Å². The topological polar surface area (TPSA) is 70.5 Å². The number of hydrogen-bond donors (Lipinski definition) is 2. The van der Waals surface area contributed by atoms with Crippen molar-refractivity contribution in [3.63, 3.8) is 0 Å². The van der Waals surface area contributed by atoms with E-state index in [4.69, 9.17) is 20.9 Å². The highest BCUT2D eigenvalue weighted by Crippen LogP contribution is 2.23. The minimum absolute atomic E-state index is 0.130. The summed E-state index contributed by atoms with van der Waals surface area (Å²) < 4.78 is 11.6. The molecule has 0 saturated heterocycles. The van der Waals surface area contributed by atoms with Gasteiger partial charge in [0.1, 0.15) is 11.5 Å². The third-order valence-electron chi connectivity index (χ3n) is 2.98. The summed E-state index contributed by atoms with van der Waals surface area (Å²) >= 11 is 0. The molecule has 0 saturated carbocycles. The molecule has 0 fully saturated rings. The summed E-state index contributed by atoms with van der Waals surface area (Å²) in [6, 6.07) is 14.8. The van der Waals surface area contributed by atoms with E-state index in [1.165, 1.54) is 0 Å². The number of nitrogen functional groups attached to an aromatic ring is 2. The first-order valence-electron chi connectivity index (χ1n) is 6.91. The van der Waals surface area contributed by atoms with Crippen LogP contribution in [-0.2, 0) is 0 Å². The van der Waals surface area contributed by atoms with E-state index in [2.05, 4.69) is 13.8 Å². The fourth-order valence-electron chi connectivity index (χ4n) is 1.81. The summed E-state index contributed by atoms with van der Waals surface area (Å²) in [6.07, 6.45) is 0. The molecular weight excluding hydrogens is 264 g/mol. The van der Waals surface area contributed by atoms with Crippen LogP contribution in [0, 0.1) is 5.41 Å². The van der Waals surface area contributed by atoms with Gasteiger partial charge in [-0.15, -0.1) is 0 Å². The largest absolute Gasteiger partial charge is 0.493 e. The average Bonchev–Trinajstić information content (AvgIpc) is 2.44. The Hall–Kier alpha value is -2.36. The second-order valence-corrected chi connectivity index (χ2v) is 5.89. The van der Waals surface area contributed by atoms with Crippen LogP contribution >= 0.6 is 0 Å². The van der Waals surface area contributed by atoms with Gasteiger partial charge in [0.25, 0.3) is 0 Å². The minimum atomic E-state index is -0.130. The predicted octanol–water partition coefficient (Wildman–Crippen LogP) is 3.34. The van der Waals surface area contributed by atoms with Gasteiger partial charge in [0.15, 0.2) is 0 Å². The molecule has 0 unspecified atom stereocenters. The smallest absolute Gasteiger partial charge is 0.121 e. The summed E-state index contributed by atoms with van der Waals surface area (Å²) in [5, 5.41) is 0. The molecule has 0 radical (unpaired) electrons. The molecule has 0 amide bonds. The fraction of sp³-hybridized carbons (Fsp3) is 0.294. The van der Waals surface area contributed by atoms with Crippen LogP contribution in [0.4, 0.5) is 11.4 Å². The van der Waals surface area contributed by atoms with E-state index in [0.29, 0.717) is 24.6 Å². The molecule has 112 valence electrons. The van der Waals surface area contributed by atoms with Crippen LogP contribution in [0.3, 0.4) is 0 Å². The summed E-state index contributed by atoms with van der Waals surface area (Å²) in [5.74, 6) is 1.54. The van der Waals surface area contributed by atoms with Crippen molar-refractivity contribution in [2.75, 3.05) is 24.7 Å². The van der Waals surface area contributed by atoms with Gasteiger partial charge in [0.2, 0.25) is 0 Å². The minimum Gasteiger partial charge on any atom is -0.493 e. The lowest BCUT2D eigenvalue weighted by atomic mass is 9.96. The van der Waals surface area contributed by atoms with Crippen molar-refractivity contribution in [1.29, 1.82) is 0 Å². The Balaban J connectivity index is 1.87. The normalized spacial score (nSPS) is 11.1. The SMILES string of the molecule is CC(C)(COc1cccc(N)c1)COc1cccc(N)c1. The van der Waals surface area contributed by atoms with Crippen LogP contribution in [0.5, 0.6) is 11.5 Å². The third-order valence-corrected chi connectivity index (χ3v) is 2.98. The van der Waals surface area contributed by atoms with Gasteiger partial charge in [-0.3, -0.25) is 0 Å². The highest BCUT2D eigenvalue weighted by molar-refractivity contribution is 5.44. The first-order chi connectivity index (χ1) is 9.94. The van der Waals surface area contributed by atoms with Gasteiger partial charge in [-0.05, 0) is 24.3 Å². The monoisotopic (exact) mass is 286 g/mol. The molecule has 0 heterocycles. The molecule has 2 rings (SSSR count). The molecular formula is C17H22N2O2. The van der Waals surface area contributed by atoms with Gasteiger partial charge in [0.05, 0.1) is 13.2 Å². The molecule has 0 aliphatic rings. The molecule has 21 heavy (non-hydrogen) atoms. The van der Waals surface area contributed by atoms with E-state index in [1.807, 2.05) is 48.5 Å². The number of benzene rings is 2. The molecule has 0 aromatic heterocycles. The molecule has 0 bridgehead atoms. The molecule has 2 aromatic carbocycles. The standard InChI is InChI=1S/C17H22N2O2/c1-17(2,11-20-15-7-3-5-13(18)9-15)12-21-16-8-4-6-14(19)10-16/h3-10H,11-12,18-19H2,1-2H3. The van der Waals surface area contributed by atoms with Crippen molar-refractivity contribution in [2.45, 2.75) is 13.8 Å². The van der Waals surface area contributed by atoms with Crippen molar-refractivity contribution in [3.05, 3.63) is 48.5 Å². The Morgan fingerprint density at radius 3 is 1.62 bits per heavy atom. The summed E-state index contributed by atoms with van der Waals surface area (Å²) in [4.78, 5) is 0. The van der Waals surface area contributed by atoms with E-state index in [9.17, 15) is 0 Å². The second-order valence-electron chi connectivity index (χ2n) is 5.89. The van der Waals surface area contributed by atoms with E-state index in [1.54, 1.807) is 0 Å². The zero-order valence-corrected chi connectivity index (χ0v) is 12.5. The van der Waals surface area contributed by atoms with Crippen LogP contribution in [0.2, 0.25) is 0 Å². The second kappa shape index (κ2) is 6.39. The maximum absolute atomic E-state index is 5.78. The highest BCUT2D eigenvalue weighted by atomic mass is 16.5. The van der Waals surface area contributed by atoms with Gasteiger partial charge < -0.3 is 20.9 Å². The van der Waals surface area contributed by atoms with Crippen molar-refractivity contribution < 1.29 is 9.47 Å². The number of hydrogen-bond acceptors (Lipinski definition) is 4. The molecule has 0 aliphatic carbocycles. The van der Waals surface area contributed by atoms with Crippen LogP contribution in [-0.4, -0.2) is 13.2 Å². The first-order valence-corrected chi connectivity index (χ1v) is 6.91.